The number of benzene rings is 2. The summed E-state index contributed by atoms with van der Waals surface area (Å²) >= 11 is 0. The van der Waals surface area contributed by atoms with Gasteiger partial charge in [-0.05, 0) is 125 Å². The van der Waals surface area contributed by atoms with E-state index in [9.17, 15) is 42.3 Å². The van der Waals surface area contributed by atoms with Crippen LogP contribution in [0.1, 0.15) is 133 Å². The second-order valence-electron chi connectivity index (χ2n) is 18.3. The highest BCUT2D eigenvalue weighted by atomic mass is 19.4. The van der Waals surface area contributed by atoms with Crippen LogP contribution in [0, 0.1) is 11.3 Å². The Kier molecular flexibility index (Phi) is 13.6. The average Bonchev–Trinajstić information content (AvgIpc) is 3.51. The number of hydrogen-bond donors (Lipinski definition) is 4. The topological polar surface area (TPSA) is 191 Å². The number of pyridine rings is 1. The maximum absolute atomic E-state index is 13.5. The van der Waals surface area contributed by atoms with Gasteiger partial charge in [0.05, 0.1) is 22.8 Å². The Hall–Kier alpha value is -5.68. The van der Waals surface area contributed by atoms with Crippen molar-refractivity contribution in [3.05, 3.63) is 82.2 Å². The van der Waals surface area contributed by atoms with E-state index in [1.54, 1.807) is 30.5 Å². The summed E-state index contributed by atoms with van der Waals surface area (Å²) in [5.74, 6) is -1.94. The fraction of sp³-hybridized carbons (Fsp3) is 0.511. The number of carbonyl (C=O) groups excluding carboxylic acids is 5. The largest absolute Gasteiger partial charge is 0.433 e. The van der Waals surface area contributed by atoms with E-state index in [0.717, 1.165) is 81.1 Å². The number of alkyl halides is 3. The van der Waals surface area contributed by atoms with Gasteiger partial charge in [0.25, 0.3) is 17.7 Å². The highest BCUT2D eigenvalue weighted by Gasteiger charge is 2.44. The molecule has 2 saturated heterocycles. The van der Waals surface area contributed by atoms with Gasteiger partial charge in [0, 0.05) is 67.1 Å². The number of nitrogens with one attached hydrogen (secondary N) is 2. The third kappa shape index (κ3) is 10.1. The number of halogens is 3. The predicted octanol–water partition coefficient (Wildman–Crippen LogP) is 6.56. The molecule has 1 saturated carbocycles. The summed E-state index contributed by atoms with van der Waals surface area (Å²) in [5.41, 5.74) is 6.41. The van der Waals surface area contributed by atoms with E-state index in [0.29, 0.717) is 29.2 Å². The number of piperidine rings is 2. The monoisotopic (exact) mass is 886 g/mol. The molecule has 14 nitrogen and oxygen atoms in total. The Bertz CT molecular complexity index is 2290. The minimum absolute atomic E-state index is 0.0628. The Labute approximate surface area is 370 Å². The number of aliphatic hydroxyl groups is 1. The maximum Gasteiger partial charge on any atom is 0.433 e. The zero-order chi connectivity index (χ0) is 46.0. The molecule has 4 aliphatic rings. The number of rotatable bonds is 13. The molecule has 2 aromatic carbocycles. The van der Waals surface area contributed by atoms with Crippen molar-refractivity contribution in [2.24, 2.45) is 16.3 Å². The molecule has 5 amide bonds. The summed E-state index contributed by atoms with van der Waals surface area (Å²) in [4.78, 5) is 77.5. The van der Waals surface area contributed by atoms with E-state index in [4.69, 9.17) is 10.7 Å². The van der Waals surface area contributed by atoms with Gasteiger partial charge in [-0.25, -0.2) is 4.98 Å². The first kappa shape index (κ1) is 46.3. The zero-order valence-corrected chi connectivity index (χ0v) is 36.5. The van der Waals surface area contributed by atoms with Crippen molar-refractivity contribution in [2.75, 3.05) is 48.7 Å². The molecule has 1 aliphatic carbocycles. The molecule has 64 heavy (non-hydrogen) atoms. The zero-order valence-electron chi connectivity index (χ0n) is 36.5. The average molecular weight is 887 g/mol. The normalized spacial score (nSPS) is 19.3. The Balaban J connectivity index is 0.888. The van der Waals surface area contributed by atoms with Gasteiger partial charge in [-0.15, -0.1) is 0 Å². The summed E-state index contributed by atoms with van der Waals surface area (Å²) < 4.78 is 39.8. The molecular weight excluding hydrogens is 830 g/mol. The number of imide groups is 2. The van der Waals surface area contributed by atoms with Gasteiger partial charge in [0.1, 0.15) is 17.4 Å². The molecule has 1 unspecified atom stereocenters. The van der Waals surface area contributed by atoms with Crippen molar-refractivity contribution in [1.82, 2.24) is 20.1 Å². The lowest BCUT2D eigenvalue weighted by molar-refractivity contribution is -0.141. The van der Waals surface area contributed by atoms with Gasteiger partial charge < -0.3 is 26.0 Å². The van der Waals surface area contributed by atoms with Crippen LogP contribution in [0.25, 0.3) is 0 Å². The molecule has 3 aromatic rings. The molecule has 342 valence electrons. The van der Waals surface area contributed by atoms with Crippen LogP contribution in [0.3, 0.4) is 0 Å². The minimum Gasteiger partial charge on any atom is -0.398 e. The quantitative estimate of drug-likeness (QED) is 0.0633. The number of anilines is 3. The van der Waals surface area contributed by atoms with E-state index >= 15 is 0 Å². The Morgan fingerprint density at radius 3 is 2.30 bits per heavy atom. The number of aliphatic imine (C=N–C) groups is 1. The second-order valence-corrected chi connectivity index (χ2v) is 18.3. The van der Waals surface area contributed by atoms with Crippen LogP contribution >= 0.6 is 0 Å². The second kappa shape index (κ2) is 18.8. The van der Waals surface area contributed by atoms with Gasteiger partial charge in [0.2, 0.25) is 12.3 Å². The lowest BCUT2D eigenvalue weighted by Crippen LogP contribution is -2.49. The predicted molar refractivity (Wildman–Crippen MR) is 236 cm³/mol. The molecule has 1 aromatic heterocycles. The van der Waals surface area contributed by atoms with E-state index < -0.39 is 52.8 Å². The van der Waals surface area contributed by atoms with Gasteiger partial charge >= 0.3 is 6.18 Å². The fourth-order valence-corrected chi connectivity index (χ4v) is 9.81. The van der Waals surface area contributed by atoms with E-state index in [2.05, 4.69) is 25.4 Å². The van der Waals surface area contributed by atoms with Gasteiger partial charge in [-0.1, -0.05) is 19.4 Å². The van der Waals surface area contributed by atoms with E-state index in [1.165, 1.54) is 45.6 Å². The van der Waals surface area contributed by atoms with Crippen molar-refractivity contribution in [3.8, 4) is 0 Å². The van der Waals surface area contributed by atoms with E-state index in [1.807, 2.05) is 13.0 Å². The number of likely N-dealkylation sites (tertiary alicyclic amines) is 1. The van der Waals surface area contributed by atoms with Crippen LogP contribution in [-0.2, 0) is 21.4 Å². The van der Waals surface area contributed by atoms with Gasteiger partial charge in [0.15, 0.2) is 0 Å². The molecule has 4 heterocycles. The number of nitrogens with zero attached hydrogens (tertiary/aromatic N) is 5. The maximum atomic E-state index is 13.5. The number of nitrogens with two attached hydrogens (primary N) is 1. The molecule has 3 aliphatic heterocycles. The number of fused-ring (bicyclic) bond motifs is 1. The number of amides is 5. The first-order chi connectivity index (χ1) is 30.4. The summed E-state index contributed by atoms with van der Waals surface area (Å²) in [6.45, 7) is 9.46. The molecule has 7 rings (SSSR count). The summed E-state index contributed by atoms with van der Waals surface area (Å²) in [6.07, 6.45) is 6.55. The molecule has 0 bridgehead atoms. The van der Waals surface area contributed by atoms with Crippen LogP contribution in [0.5, 0.6) is 0 Å². The third-order valence-electron chi connectivity index (χ3n) is 13.5. The number of hydrogen-bond acceptors (Lipinski definition) is 11. The lowest BCUT2D eigenvalue weighted by atomic mass is 9.65. The van der Waals surface area contributed by atoms with Crippen LogP contribution < -0.4 is 21.3 Å². The molecule has 0 radical (unpaired) electrons. The molecule has 5 N–H and O–H groups in total. The molecule has 1 spiro atoms. The van der Waals surface area contributed by atoms with Crippen LogP contribution in [0.2, 0.25) is 0 Å². The van der Waals surface area contributed by atoms with Crippen molar-refractivity contribution in [1.29, 1.82) is 0 Å². The van der Waals surface area contributed by atoms with Crippen molar-refractivity contribution in [2.45, 2.75) is 109 Å². The molecular formula is C47H57F3N8O6. The number of aromatic nitrogens is 1. The van der Waals surface area contributed by atoms with Gasteiger partial charge in [-0.2, -0.15) is 13.2 Å². The van der Waals surface area contributed by atoms with Crippen molar-refractivity contribution in [3.63, 3.8) is 0 Å². The number of nitrogen functional groups attached to an aromatic ring is 1. The summed E-state index contributed by atoms with van der Waals surface area (Å²) in [6, 6.07) is 10.6. The molecule has 1 atom stereocenters. The summed E-state index contributed by atoms with van der Waals surface area (Å²) in [5, 5.41) is 15.6. The highest BCUT2D eigenvalue weighted by Crippen LogP contribution is 2.47. The Morgan fingerprint density at radius 2 is 1.66 bits per heavy atom. The SMILES string of the molecule is CCCC(C(=O)NC=O)N1C(=O)c2ccc(N3CCC4(CCC(CN5CCC(N=Cc6cc(NC(=O)c7cccc(C(F)(F)F)n7)c(C(C)(C)O)cc6N)CC5)CC4)CC3)cc2C1=O. The number of carbonyl (C=O) groups is 5. The van der Waals surface area contributed by atoms with Crippen LogP contribution in [0.15, 0.2) is 53.5 Å². The first-order valence-corrected chi connectivity index (χ1v) is 22.2. The molecule has 3 fully saturated rings. The fourth-order valence-electron chi connectivity index (χ4n) is 9.81. The smallest absolute Gasteiger partial charge is 0.398 e. The third-order valence-corrected chi connectivity index (χ3v) is 13.5. The van der Waals surface area contributed by atoms with Crippen molar-refractivity contribution >= 4 is 53.3 Å². The Morgan fingerprint density at radius 1 is 0.969 bits per heavy atom. The standard InChI is InChI=1S/C47H57F3N8O6/c1-4-6-39(42(61)53-28-59)58-43(62)33-10-9-32(24-34(33)44(58)63)57-21-17-46(18-22-57)15-11-29(12-16-46)27-56-19-13-31(14-20-56)52-26-30-23-38(35(25-36(30)51)45(2,3)64)55-41(60)37-7-5-8-40(54-37)47(48,49)50/h5,7-10,23-26,28-29,31,39,64H,4,6,11-22,27,51H2,1-3H3,(H,55,60)(H,53,59,61). The van der Waals surface area contributed by atoms with E-state index in [-0.39, 0.29) is 41.1 Å². The highest BCUT2D eigenvalue weighted by molar-refractivity contribution is 6.23. The summed E-state index contributed by atoms with van der Waals surface area (Å²) in [7, 11) is 0. The molecule has 17 heteroatoms. The minimum atomic E-state index is -4.71. The lowest BCUT2D eigenvalue weighted by Gasteiger charge is -2.47. The van der Waals surface area contributed by atoms with Crippen LogP contribution in [0.4, 0.5) is 30.2 Å². The first-order valence-electron chi connectivity index (χ1n) is 22.2. The van der Waals surface area contributed by atoms with Gasteiger partial charge in [-0.3, -0.25) is 39.2 Å². The van der Waals surface area contributed by atoms with Crippen molar-refractivity contribution < 1.29 is 42.3 Å². The van der Waals surface area contributed by atoms with Crippen LogP contribution in [-0.4, -0.2) is 101 Å².